The third-order valence-corrected chi connectivity index (χ3v) is 5.39. The first kappa shape index (κ1) is 21.4. The molecule has 31 heavy (non-hydrogen) atoms. The van der Waals surface area contributed by atoms with E-state index in [0.29, 0.717) is 37.1 Å². The average molecular weight is 433 g/mol. The summed E-state index contributed by atoms with van der Waals surface area (Å²) >= 11 is 0. The van der Waals surface area contributed by atoms with Gasteiger partial charge in [-0.3, -0.25) is 0 Å². The second-order valence-electron chi connectivity index (χ2n) is 7.50. The van der Waals surface area contributed by atoms with Gasteiger partial charge in [0.15, 0.2) is 0 Å². The highest BCUT2D eigenvalue weighted by Crippen LogP contribution is 2.32. The van der Waals surface area contributed by atoms with Gasteiger partial charge in [0.05, 0.1) is 25.4 Å². The zero-order chi connectivity index (χ0) is 22.0. The fourth-order valence-corrected chi connectivity index (χ4v) is 3.68. The number of hydrogen-bond donors (Lipinski definition) is 0. The molecular formula is C23H22F3NO4. The van der Waals surface area contributed by atoms with Crippen molar-refractivity contribution in [2.75, 3.05) is 13.2 Å². The van der Waals surface area contributed by atoms with Crippen LogP contribution < -0.4 is 0 Å². The molecule has 164 valence electrons. The van der Waals surface area contributed by atoms with Crippen LogP contribution in [0.4, 0.5) is 13.2 Å². The number of aryl methyl sites for hydroxylation is 1. The minimum Gasteiger partial charge on any atom is -0.455 e. The summed E-state index contributed by atoms with van der Waals surface area (Å²) in [4.78, 5) is 12.8. The number of carbonyl (C=O) groups excluding carboxylic acids is 1. The summed E-state index contributed by atoms with van der Waals surface area (Å²) in [7, 11) is 1.62. The van der Waals surface area contributed by atoms with Crippen LogP contribution in [0, 0.1) is 0 Å². The van der Waals surface area contributed by atoms with Gasteiger partial charge in [0.25, 0.3) is 0 Å². The Hall–Kier alpha value is -2.84. The van der Waals surface area contributed by atoms with E-state index >= 15 is 0 Å². The number of halogens is 3. The summed E-state index contributed by atoms with van der Waals surface area (Å²) in [5.41, 5.74) is 0.933. The van der Waals surface area contributed by atoms with Crippen LogP contribution in [0.2, 0.25) is 0 Å². The van der Waals surface area contributed by atoms with Crippen LogP contribution in [0.15, 0.2) is 54.6 Å². The van der Waals surface area contributed by atoms with Crippen molar-refractivity contribution in [2.24, 2.45) is 7.05 Å². The number of fused-ring (bicyclic) bond motifs is 1. The summed E-state index contributed by atoms with van der Waals surface area (Å²) in [6.45, 7) is 1.10. The minimum absolute atomic E-state index is 0.183. The Balaban J connectivity index is 1.49. The van der Waals surface area contributed by atoms with Gasteiger partial charge in [-0.05, 0) is 29.8 Å². The molecule has 1 aliphatic rings. The topological polar surface area (TPSA) is 49.7 Å². The molecule has 0 saturated carbocycles. The molecule has 0 radical (unpaired) electrons. The Kier molecular flexibility index (Phi) is 6.02. The fraction of sp³-hybridized carbons (Fsp3) is 0.348. The maximum Gasteiger partial charge on any atom is 0.416 e. The largest absolute Gasteiger partial charge is 0.455 e. The Bertz CT molecular complexity index is 1060. The van der Waals surface area contributed by atoms with Gasteiger partial charge in [-0.15, -0.1) is 0 Å². The molecule has 2 atom stereocenters. The average Bonchev–Trinajstić information content (AvgIpc) is 3.09. The Labute approximate surface area is 177 Å². The standard InChI is InChI=1S/C23H22F3NO4/c1-27-18-8-7-17(23(24,25)26)11-16(18)12-19(27)22(28)31-20-9-10-29-14-21(20)30-13-15-5-3-2-4-6-15/h2-8,11-12,20-21H,9-10,13-14H2,1H3. The second kappa shape index (κ2) is 8.72. The maximum absolute atomic E-state index is 13.0. The highest BCUT2D eigenvalue weighted by molar-refractivity contribution is 5.96. The van der Waals surface area contributed by atoms with Crippen molar-refractivity contribution >= 4 is 16.9 Å². The van der Waals surface area contributed by atoms with Gasteiger partial charge in [0, 0.05) is 24.4 Å². The molecule has 1 aromatic heterocycles. The number of esters is 1. The maximum atomic E-state index is 13.0. The van der Waals surface area contributed by atoms with E-state index in [-0.39, 0.29) is 5.69 Å². The first-order valence-corrected chi connectivity index (χ1v) is 9.94. The lowest BCUT2D eigenvalue weighted by molar-refractivity contribution is -0.137. The van der Waals surface area contributed by atoms with Gasteiger partial charge >= 0.3 is 12.1 Å². The van der Waals surface area contributed by atoms with Crippen molar-refractivity contribution < 1.29 is 32.2 Å². The normalized spacial score (nSPS) is 19.5. The SMILES string of the molecule is Cn1c(C(=O)OC2CCOCC2OCc2ccccc2)cc2cc(C(F)(F)F)ccc21. The molecular weight excluding hydrogens is 411 g/mol. The molecule has 1 saturated heterocycles. The van der Waals surface area contributed by atoms with Gasteiger partial charge in [-0.1, -0.05) is 30.3 Å². The first-order valence-electron chi connectivity index (χ1n) is 9.94. The minimum atomic E-state index is -4.45. The monoisotopic (exact) mass is 433 g/mol. The molecule has 0 aliphatic carbocycles. The zero-order valence-corrected chi connectivity index (χ0v) is 16.9. The smallest absolute Gasteiger partial charge is 0.416 e. The van der Waals surface area contributed by atoms with Gasteiger partial charge < -0.3 is 18.8 Å². The van der Waals surface area contributed by atoms with Crippen molar-refractivity contribution in [3.8, 4) is 0 Å². The number of benzene rings is 2. The van der Waals surface area contributed by atoms with Gasteiger partial charge in [0.1, 0.15) is 17.9 Å². The molecule has 0 spiro atoms. The molecule has 2 heterocycles. The van der Waals surface area contributed by atoms with E-state index in [4.69, 9.17) is 14.2 Å². The zero-order valence-electron chi connectivity index (χ0n) is 16.9. The Morgan fingerprint density at radius 2 is 1.90 bits per heavy atom. The van der Waals surface area contributed by atoms with Gasteiger partial charge in [-0.25, -0.2) is 4.79 Å². The lowest BCUT2D eigenvalue weighted by Gasteiger charge is -2.31. The van der Waals surface area contributed by atoms with Gasteiger partial charge in [0.2, 0.25) is 0 Å². The van der Waals surface area contributed by atoms with Crippen LogP contribution in [0.25, 0.3) is 10.9 Å². The van der Waals surface area contributed by atoms with E-state index in [9.17, 15) is 18.0 Å². The number of rotatable bonds is 5. The molecule has 5 nitrogen and oxygen atoms in total. The van der Waals surface area contributed by atoms with Crippen molar-refractivity contribution in [3.63, 3.8) is 0 Å². The van der Waals surface area contributed by atoms with Crippen LogP contribution in [0.5, 0.6) is 0 Å². The molecule has 4 rings (SSSR count). The third-order valence-electron chi connectivity index (χ3n) is 5.39. The van der Waals surface area contributed by atoms with Crippen molar-refractivity contribution in [2.45, 2.75) is 31.4 Å². The van der Waals surface area contributed by atoms with E-state index in [1.165, 1.54) is 16.7 Å². The highest BCUT2D eigenvalue weighted by Gasteiger charge is 2.33. The number of hydrogen-bond acceptors (Lipinski definition) is 4. The fourth-order valence-electron chi connectivity index (χ4n) is 3.68. The number of ether oxygens (including phenoxy) is 3. The molecule has 0 bridgehead atoms. The quantitative estimate of drug-likeness (QED) is 0.546. The molecule has 8 heteroatoms. The first-order chi connectivity index (χ1) is 14.8. The molecule has 2 aromatic carbocycles. The van der Waals surface area contributed by atoms with Crippen LogP contribution >= 0.6 is 0 Å². The lowest BCUT2D eigenvalue weighted by atomic mass is 10.1. The summed E-state index contributed by atoms with van der Waals surface area (Å²) < 4.78 is 57.7. The summed E-state index contributed by atoms with van der Waals surface area (Å²) in [5, 5.41) is 0.327. The van der Waals surface area contributed by atoms with E-state index < -0.39 is 29.9 Å². The predicted octanol–water partition coefficient (Wildman–Crippen LogP) is 4.73. The van der Waals surface area contributed by atoms with Crippen molar-refractivity contribution in [3.05, 3.63) is 71.4 Å². The van der Waals surface area contributed by atoms with Crippen molar-refractivity contribution in [1.82, 2.24) is 4.57 Å². The highest BCUT2D eigenvalue weighted by atomic mass is 19.4. The Morgan fingerprint density at radius 3 is 2.65 bits per heavy atom. The van der Waals surface area contributed by atoms with Crippen LogP contribution in [-0.4, -0.2) is 36.0 Å². The van der Waals surface area contributed by atoms with Crippen LogP contribution in [0.3, 0.4) is 0 Å². The lowest BCUT2D eigenvalue weighted by Crippen LogP contribution is -2.42. The van der Waals surface area contributed by atoms with E-state index in [1.54, 1.807) is 7.05 Å². The second-order valence-corrected chi connectivity index (χ2v) is 7.50. The molecule has 2 unspecified atom stereocenters. The van der Waals surface area contributed by atoms with E-state index in [1.807, 2.05) is 30.3 Å². The van der Waals surface area contributed by atoms with Crippen molar-refractivity contribution in [1.29, 1.82) is 0 Å². The predicted molar refractivity (Wildman–Crippen MR) is 108 cm³/mol. The molecule has 0 N–H and O–H groups in total. The molecule has 0 amide bonds. The Morgan fingerprint density at radius 1 is 1.13 bits per heavy atom. The molecule has 1 fully saturated rings. The third kappa shape index (κ3) is 4.75. The van der Waals surface area contributed by atoms with Crippen LogP contribution in [0.1, 0.15) is 28.0 Å². The molecule has 3 aromatic rings. The molecule has 1 aliphatic heterocycles. The summed E-state index contributed by atoms with van der Waals surface area (Å²) in [6, 6.07) is 14.4. The number of carbonyl (C=O) groups is 1. The summed E-state index contributed by atoms with van der Waals surface area (Å²) in [6.07, 6.45) is -4.90. The van der Waals surface area contributed by atoms with E-state index in [0.717, 1.165) is 17.7 Å². The number of alkyl halides is 3. The van der Waals surface area contributed by atoms with Gasteiger partial charge in [-0.2, -0.15) is 13.2 Å². The van der Waals surface area contributed by atoms with Crippen LogP contribution in [-0.2, 0) is 34.0 Å². The summed E-state index contributed by atoms with van der Waals surface area (Å²) in [5.74, 6) is -0.604. The van der Waals surface area contributed by atoms with E-state index in [2.05, 4.69) is 0 Å². The number of aromatic nitrogens is 1. The number of nitrogens with zero attached hydrogens (tertiary/aromatic N) is 1.